The van der Waals surface area contributed by atoms with Gasteiger partial charge < -0.3 is 10.1 Å². The number of unbranched alkanes of at least 4 members (excludes halogenated alkanes) is 1. The molecule has 0 saturated carbocycles. The molecule has 1 unspecified atom stereocenters. The molecular formula is C28H35FN2O2. The molecule has 0 aliphatic heterocycles. The summed E-state index contributed by atoms with van der Waals surface area (Å²) in [5.41, 5.74) is 3.27. The average molecular weight is 451 g/mol. The molecule has 33 heavy (non-hydrogen) atoms. The number of amides is 1. The zero-order valence-corrected chi connectivity index (χ0v) is 20.2. The summed E-state index contributed by atoms with van der Waals surface area (Å²) in [6.45, 7) is 6.35. The Morgan fingerprint density at radius 2 is 2.12 bits per heavy atom. The van der Waals surface area contributed by atoms with Gasteiger partial charge in [-0.15, -0.1) is 0 Å². The monoisotopic (exact) mass is 450 g/mol. The molecule has 1 heterocycles. The maximum Gasteiger partial charge on any atom is 0.253 e. The predicted octanol–water partition coefficient (Wildman–Crippen LogP) is 6.96. The zero-order valence-electron chi connectivity index (χ0n) is 20.2. The van der Waals surface area contributed by atoms with Gasteiger partial charge in [-0.1, -0.05) is 44.6 Å². The van der Waals surface area contributed by atoms with Crippen molar-refractivity contribution in [3.8, 4) is 5.75 Å². The van der Waals surface area contributed by atoms with Crippen LogP contribution in [0.2, 0.25) is 0 Å². The largest absolute Gasteiger partial charge is 0.497 e. The molecule has 2 aromatic rings. The van der Waals surface area contributed by atoms with Gasteiger partial charge in [0.25, 0.3) is 5.91 Å². The molecule has 3 rings (SSSR count). The van der Waals surface area contributed by atoms with Crippen LogP contribution in [0.1, 0.15) is 75.2 Å². The van der Waals surface area contributed by atoms with E-state index < -0.39 is 5.67 Å². The van der Waals surface area contributed by atoms with Crippen LogP contribution in [-0.4, -0.2) is 30.2 Å². The normalized spacial score (nSPS) is 19.1. The van der Waals surface area contributed by atoms with Crippen molar-refractivity contribution in [2.45, 2.75) is 65.0 Å². The van der Waals surface area contributed by atoms with E-state index in [-0.39, 0.29) is 5.91 Å². The first kappa shape index (κ1) is 24.7. The van der Waals surface area contributed by atoms with E-state index in [1.807, 2.05) is 24.3 Å². The van der Waals surface area contributed by atoms with E-state index in [9.17, 15) is 9.18 Å². The second-order valence-corrected chi connectivity index (χ2v) is 8.88. The van der Waals surface area contributed by atoms with Gasteiger partial charge in [0, 0.05) is 23.7 Å². The van der Waals surface area contributed by atoms with Gasteiger partial charge in [0.15, 0.2) is 0 Å². The molecule has 0 bridgehead atoms. The number of benzene rings is 1. The fraction of sp³-hybridized carbons (Fsp3) is 0.429. The van der Waals surface area contributed by atoms with Crippen LogP contribution in [0.15, 0.2) is 54.3 Å². The molecule has 4 nitrogen and oxygen atoms in total. The molecule has 1 aromatic heterocycles. The first-order chi connectivity index (χ1) is 15.9. The minimum absolute atomic E-state index is 0.162. The lowest BCUT2D eigenvalue weighted by Gasteiger charge is -2.25. The Morgan fingerprint density at radius 1 is 1.30 bits per heavy atom. The molecule has 1 aliphatic carbocycles. The average Bonchev–Trinajstić information content (AvgIpc) is 2.81. The highest BCUT2D eigenvalue weighted by molar-refractivity contribution is 6.00. The van der Waals surface area contributed by atoms with Crippen LogP contribution < -0.4 is 10.1 Å². The number of carbonyl (C=O) groups excluding carboxylic acids is 1. The van der Waals surface area contributed by atoms with Crippen molar-refractivity contribution in [2.24, 2.45) is 0 Å². The van der Waals surface area contributed by atoms with Gasteiger partial charge >= 0.3 is 0 Å². The molecule has 1 aromatic carbocycles. The van der Waals surface area contributed by atoms with Crippen molar-refractivity contribution in [2.75, 3.05) is 13.7 Å². The number of nitrogens with one attached hydrogen (secondary N) is 1. The first-order valence-electron chi connectivity index (χ1n) is 11.9. The molecule has 0 radical (unpaired) electrons. The Morgan fingerprint density at radius 3 is 2.79 bits per heavy atom. The number of alkyl halides is 1. The Hall–Kier alpha value is -2.95. The number of hydrogen-bond donors (Lipinski definition) is 1. The first-order valence-corrected chi connectivity index (χ1v) is 11.9. The topological polar surface area (TPSA) is 51.2 Å². The summed E-state index contributed by atoms with van der Waals surface area (Å²) in [5, 5.41) is 3.84. The Kier molecular flexibility index (Phi) is 8.43. The quantitative estimate of drug-likeness (QED) is 0.420. The molecular weight excluding hydrogens is 415 g/mol. The Bertz CT molecular complexity index is 1080. The smallest absolute Gasteiger partial charge is 0.253 e. The molecule has 176 valence electrons. The third-order valence-electron chi connectivity index (χ3n) is 6.00. The van der Waals surface area contributed by atoms with Crippen molar-refractivity contribution in [1.82, 2.24) is 10.3 Å². The molecule has 1 atom stereocenters. The predicted molar refractivity (Wildman–Crippen MR) is 134 cm³/mol. The van der Waals surface area contributed by atoms with Crippen LogP contribution in [0.5, 0.6) is 5.75 Å². The number of pyridine rings is 1. The molecule has 1 N–H and O–H groups in total. The number of carbonyl (C=O) groups is 1. The van der Waals surface area contributed by atoms with Crippen LogP contribution in [0.25, 0.3) is 16.5 Å². The van der Waals surface area contributed by atoms with Crippen LogP contribution in [0.3, 0.4) is 0 Å². The number of hydrogen-bond acceptors (Lipinski definition) is 3. The fourth-order valence-corrected chi connectivity index (χ4v) is 4.04. The minimum atomic E-state index is -1.16. The number of allylic oxidation sites excluding steroid dienone is 4. The minimum Gasteiger partial charge on any atom is -0.497 e. The summed E-state index contributed by atoms with van der Waals surface area (Å²) in [6.07, 6.45) is 14.5. The van der Waals surface area contributed by atoms with Gasteiger partial charge in [-0.2, -0.15) is 0 Å². The second-order valence-electron chi connectivity index (χ2n) is 8.88. The van der Waals surface area contributed by atoms with Crippen LogP contribution in [0, 0.1) is 0 Å². The SMILES string of the molecule is CC/C=C(/C=C\CCC)CNC(=O)c1cnc2c(C3=CCC(C)(F)CC3)cc(OC)cc2c1. The van der Waals surface area contributed by atoms with Crippen molar-refractivity contribution in [1.29, 1.82) is 0 Å². The van der Waals surface area contributed by atoms with Crippen molar-refractivity contribution in [3.63, 3.8) is 0 Å². The summed E-state index contributed by atoms with van der Waals surface area (Å²) in [5.74, 6) is 0.533. The summed E-state index contributed by atoms with van der Waals surface area (Å²) >= 11 is 0. The molecule has 5 heteroatoms. The number of aromatic nitrogens is 1. The molecule has 0 spiro atoms. The van der Waals surface area contributed by atoms with Crippen LogP contribution in [0.4, 0.5) is 4.39 Å². The van der Waals surface area contributed by atoms with E-state index in [1.165, 1.54) is 0 Å². The van der Waals surface area contributed by atoms with Gasteiger partial charge in [0.1, 0.15) is 11.4 Å². The van der Waals surface area contributed by atoms with Gasteiger partial charge in [0.05, 0.1) is 18.2 Å². The van der Waals surface area contributed by atoms with Gasteiger partial charge in [-0.25, -0.2) is 4.39 Å². The highest BCUT2D eigenvalue weighted by atomic mass is 19.1. The maximum absolute atomic E-state index is 14.3. The number of halogens is 1. The number of rotatable bonds is 9. The van der Waals surface area contributed by atoms with E-state index in [0.717, 1.165) is 46.9 Å². The zero-order chi connectivity index (χ0) is 23.8. The summed E-state index contributed by atoms with van der Waals surface area (Å²) in [4.78, 5) is 17.5. The van der Waals surface area contributed by atoms with Crippen molar-refractivity contribution < 1.29 is 13.9 Å². The fourth-order valence-electron chi connectivity index (χ4n) is 4.04. The van der Waals surface area contributed by atoms with E-state index in [0.29, 0.717) is 37.1 Å². The van der Waals surface area contributed by atoms with E-state index in [4.69, 9.17) is 4.74 Å². The summed E-state index contributed by atoms with van der Waals surface area (Å²) < 4.78 is 19.8. The van der Waals surface area contributed by atoms with Crippen molar-refractivity contribution >= 4 is 22.4 Å². The van der Waals surface area contributed by atoms with Crippen LogP contribution >= 0.6 is 0 Å². The van der Waals surface area contributed by atoms with E-state index in [2.05, 4.69) is 42.4 Å². The number of fused-ring (bicyclic) bond motifs is 1. The lowest BCUT2D eigenvalue weighted by molar-refractivity contribution is 0.0957. The van der Waals surface area contributed by atoms with Gasteiger partial charge in [-0.3, -0.25) is 9.78 Å². The van der Waals surface area contributed by atoms with E-state index >= 15 is 0 Å². The van der Waals surface area contributed by atoms with Gasteiger partial charge in [-0.05, 0) is 68.4 Å². The number of methoxy groups -OCH3 is 1. The lowest BCUT2D eigenvalue weighted by Crippen LogP contribution is -2.25. The number of nitrogens with zero attached hydrogens (tertiary/aromatic N) is 1. The van der Waals surface area contributed by atoms with Crippen molar-refractivity contribution in [3.05, 3.63) is 65.4 Å². The molecule has 1 aliphatic rings. The van der Waals surface area contributed by atoms with Crippen LogP contribution in [-0.2, 0) is 0 Å². The third-order valence-corrected chi connectivity index (χ3v) is 6.00. The second kappa shape index (κ2) is 11.3. The summed E-state index contributed by atoms with van der Waals surface area (Å²) in [7, 11) is 1.62. The lowest BCUT2D eigenvalue weighted by atomic mass is 9.85. The third kappa shape index (κ3) is 6.53. The van der Waals surface area contributed by atoms with E-state index in [1.54, 1.807) is 20.2 Å². The Balaban J connectivity index is 1.85. The molecule has 0 saturated heterocycles. The Labute approximate surface area is 196 Å². The number of ether oxygens (including phenoxy) is 1. The highest BCUT2D eigenvalue weighted by Gasteiger charge is 2.27. The van der Waals surface area contributed by atoms with Gasteiger partial charge in [0.2, 0.25) is 0 Å². The summed E-state index contributed by atoms with van der Waals surface area (Å²) in [6, 6.07) is 5.69. The molecule has 1 amide bonds. The maximum atomic E-state index is 14.3. The standard InChI is InChI=1S/C28H35FN2O2/c1-5-7-8-10-20(9-6-2)18-31-27(32)23-15-22-16-24(33-4)17-25(26(22)30-19-23)21-11-13-28(3,29)14-12-21/h8-11,15-17,19H,5-7,12-14,18H2,1-4H3,(H,31,32)/b10-8-,20-9-. The highest BCUT2D eigenvalue weighted by Crippen LogP contribution is 2.38. The molecule has 0 fully saturated rings.